The molecule has 0 spiro atoms. The molecule has 4 atom stereocenters. The summed E-state index contributed by atoms with van der Waals surface area (Å²) in [4.78, 5) is 17.2. The third-order valence-corrected chi connectivity index (χ3v) is 10.3. The molecule has 2 aliphatic rings. The maximum atomic E-state index is 15.0. The van der Waals surface area contributed by atoms with E-state index in [9.17, 15) is 17.6 Å². The van der Waals surface area contributed by atoms with Crippen LogP contribution < -0.4 is 16.4 Å². The second kappa shape index (κ2) is 12.0. The number of nitrogens with zero attached hydrogens (tertiary/aromatic N) is 2. The van der Waals surface area contributed by atoms with E-state index in [0.717, 1.165) is 11.8 Å². The zero-order valence-electron chi connectivity index (χ0n) is 22.0. The second-order valence-corrected chi connectivity index (χ2v) is 13.3. The predicted molar refractivity (Wildman–Crippen MR) is 148 cm³/mol. The number of anilines is 1. The number of sulfonamides is 1. The maximum Gasteiger partial charge on any atom is 0.241 e. The molecule has 208 valence electrons. The van der Waals surface area contributed by atoms with Crippen LogP contribution in [0.25, 0.3) is 0 Å². The van der Waals surface area contributed by atoms with Gasteiger partial charge in [0, 0.05) is 41.7 Å². The Hall–Kier alpha value is -2.11. The zero-order valence-corrected chi connectivity index (χ0v) is 23.6. The molecule has 1 saturated carbocycles. The highest BCUT2D eigenvalue weighted by Gasteiger charge is 2.45. The first-order valence-electron chi connectivity index (χ1n) is 13.2. The summed E-state index contributed by atoms with van der Waals surface area (Å²) < 4.78 is 42.9. The summed E-state index contributed by atoms with van der Waals surface area (Å²) in [7, 11) is -3.40. The van der Waals surface area contributed by atoms with Crippen molar-refractivity contribution < 1.29 is 17.6 Å². The van der Waals surface area contributed by atoms with Crippen molar-refractivity contribution in [1.29, 1.82) is 0 Å². The minimum Gasteiger partial charge on any atom is -0.323 e. The number of aromatic nitrogens is 1. The molecule has 2 fully saturated rings. The molecule has 0 bridgehead atoms. The van der Waals surface area contributed by atoms with Gasteiger partial charge in [-0.3, -0.25) is 9.78 Å². The van der Waals surface area contributed by atoms with Crippen LogP contribution in [-0.4, -0.2) is 60.1 Å². The molecule has 4 N–H and O–H groups in total. The normalized spacial score (nSPS) is 22.3. The molecule has 1 aromatic carbocycles. The van der Waals surface area contributed by atoms with Gasteiger partial charge < -0.3 is 16.4 Å². The molecule has 1 aliphatic carbocycles. The second-order valence-electron chi connectivity index (χ2n) is 10.8. The fourth-order valence-corrected chi connectivity index (χ4v) is 7.80. The Bertz CT molecular complexity index is 1240. The molecule has 1 aromatic heterocycles. The minimum absolute atomic E-state index is 0.0576. The molecule has 2 aromatic rings. The van der Waals surface area contributed by atoms with Gasteiger partial charge in [0.25, 0.3) is 0 Å². The lowest BCUT2D eigenvalue weighted by Gasteiger charge is -2.40. The van der Waals surface area contributed by atoms with Crippen LogP contribution in [0, 0.1) is 11.7 Å². The number of benzene rings is 1. The van der Waals surface area contributed by atoms with Gasteiger partial charge in [-0.25, -0.2) is 12.8 Å². The van der Waals surface area contributed by atoms with E-state index < -0.39 is 27.8 Å². The number of nitrogens with one attached hydrogen (secondary N) is 2. The molecule has 1 unspecified atom stereocenters. The van der Waals surface area contributed by atoms with Crippen LogP contribution >= 0.6 is 11.6 Å². The number of pyridine rings is 1. The first-order chi connectivity index (χ1) is 18.0. The number of rotatable bonds is 10. The predicted octanol–water partition coefficient (Wildman–Crippen LogP) is 3.67. The molecular formula is C27H37ClFN5O3S. The third-order valence-electron chi connectivity index (χ3n) is 7.51. The summed E-state index contributed by atoms with van der Waals surface area (Å²) in [5, 5.41) is 6.37. The maximum absolute atomic E-state index is 15.0. The van der Waals surface area contributed by atoms with Gasteiger partial charge in [-0.2, -0.15) is 4.31 Å². The summed E-state index contributed by atoms with van der Waals surface area (Å²) in [6.45, 7) is 6.94. The van der Waals surface area contributed by atoms with Crippen LogP contribution in [0.3, 0.4) is 0 Å². The van der Waals surface area contributed by atoms with Gasteiger partial charge in [-0.15, -0.1) is 0 Å². The summed E-state index contributed by atoms with van der Waals surface area (Å²) in [6.07, 6.45) is 4.54. The van der Waals surface area contributed by atoms with E-state index in [0.29, 0.717) is 37.4 Å². The highest BCUT2D eigenvalue weighted by Crippen LogP contribution is 2.35. The highest BCUT2D eigenvalue weighted by atomic mass is 35.5. The number of piperazine rings is 1. The van der Waals surface area contributed by atoms with Crippen molar-refractivity contribution in [2.24, 2.45) is 11.7 Å². The Kier molecular flexibility index (Phi) is 9.09. The van der Waals surface area contributed by atoms with Crippen molar-refractivity contribution >= 4 is 33.2 Å². The lowest BCUT2D eigenvalue weighted by atomic mass is 9.82. The summed E-state index contributed by atoms with van der Waals surface area (Å²) in [5.41, 5.74) is 7.86. The molecule has 8 nitrogen and oxygen atoms in total. The Labute approximate surface area is 229 Å². The lowest BCUT2D eigenvalue weighted by molar-refractivity contribution is -0.118. The molecule has 2 heterocycles. The Morgan fingerprint density at radius 2 is 1.92 bits per heavy atom. The van der Waals surface area contributed by atoms with Gasteiger partial charge >= 0.3 is 0 Å². The summed E-state index contributed by atoms with van der Waals surface area (Å²) >= 11 is 6.03. The molecule has 38 heavy (non-hydrogen) atoms. The van der Waals surface area contributed by atoms with E-state index in [4.69, 9.17) is 17.3 Å². The average molecular weight is 566 g/mol. The number of hydrogen-bond acceptors (Lipinski definition) is 6. The van der Waals surface area contributed by atoms with Crippen LogP contribution in [0.15, 0.2) is 36.7 Å². The van der Waals surface area contributed by atoms with Crippen molar-refractivity contribution in [3.05, 3.63) is 58.6 Å². The van der Waals surface area contributed by atoms with E-state index in [2.05, 4.69) is 15.6 Å². The largest absolute Gasteiger partial charge is 0.323 e. The zero-order chi connectivity index (χ0) is 27.6. The Morgan fingerprint density at radius 1 is 1.24 bits per heavy atom. The number of carbonyl (C=O) groups excluding carboxylic acids is 1. The molecule has 1 amide bonds. The van der Waals surface area contributed by atoms with Gasteiger partial charge in [-0.1, -0.05) is 37.6 Å². The SMILES string of the molecule is CC(C)C(c1ccc(Cl)cc1)[C@H](N)C(=O)Nc1cncc(F)c1CC[C@H]1CNC[C@@H](C)N1S(=O)(=O)C1CC1. The van der Waals surface area contributed by atoms with Gasteiger partial charge in [0.15, 0.2) is 0 Å². The van der Waals surface area contributed by atoms with Gasteiger partial charge in [0.1, 0.15) is 5.82 Å². The lowest BCUT2D eigenvalue weighted by Crippen LogP contribution is -2.59. The van der Waals surface area contributed by atoms with Crippen molar-refractivity contribution in [2.75, 3.05) is 18.4 Å². The number of nitrogens with two attached hydrogens (primary N) is 1. The van der Waals surface area contributed by atoms with E-state index in [-0.39, 0.29) is 46.8 Å². The molecule has 1 aliphatic heterocycles. The molecule has 0 radical (unpaired) electrons. The van der Waals surface area contributed by atoms with Crippen LogP contribution in [0.2, 0.25) is 5.02 Å². The molecular weight excluding hydrogens is 529 g/mol. The molecule has 4 rings (SSSR count). The van der Waals surface area contributed by atoms with Gasteiger partial charge in [0.05, 0.1) is 29.4 Å². The highest BCUT2D eigenvalue weighted by molar-refractivity contribution is 7.90. The van der Waals surface area contributed by atoms with Crippen LogP contribution in [-0.2, 0) is 21.2 Å². The summed E-state index contributed by atoms with van der Waals surface area (Å²) in [6, 6.07) is 5.86. The van der Waals surface area contributed by atoms with E-state index in [1.165, 1.54) is 6.20 Å². The van der Waals surface area contributed by atoms with Crippen molar-refractivity contribution in [2.45, 2.75) is 75.7 Å². The third kappa shape index (κ3) is 6.37. The first-order valence-corrected chi connectivity index (χ1v) is 15.1. The number of amides is 1. The fraction of sp³-hybridized carbons (Fsp3) is 0.556. The smallest absolute Gasteiger partial charge is 0.241 e. The Morgan fingerprint density at radius 3 is 2.55 bits per heavy atom. The van der Waals surface area contributed by atoms with E-state index in [1.807, 2.05) is 32.9 Å². The number of carbonyl (C=O) groups is 1. The Balaban J connectivity index is 1.51. The van der Waals surface area contributed by atoms with Crippen molar-refractivity contribution in [3.63, 3.8) is 0 Å². The number of hydrogen-bond donors (Lipinski definition) is 3. The van der Waals surface area contributed by atoms with Crippen LogP contribution in [0.5, 0.6) is 0 Å². The van der Waals surface area contributed by atoms with Crippen LogP contribution in [0.1, 0.15) is 57.1 Å². The van der Waals surface area contributed by atoms with E-state index >= 15 is 0 Å². The molecule has 11 heteroatoms. The van der Waals surface area contributed by atoms with Crippen molar-refractivity contribution in [3.8, 4) is 0 Å². The summed E-state index contributed by atoms with van der Waals surface area (Å²) in [5.74, 6) is -1.23. The van der Waals surface area contributed by atoms with Crippen LogP contribution in [0.4, 0.5) is 10.1 Å². The van der Waals surface area contributed by atoms with Gasteiger partial charge in [0.2, 0.25) is 15.9 Å². The standard InChI is InChI=1S/C27H37ClFN5O3S/c1-16(2)25(18-4-6-19(28)7-5-18)26(30)27(35)33-24-15-32-14-23(29)22(24)11-8-20-13-31-12-17(3)34(20)38(36,37)21-9-10-21/h4-7,14-17,20-21,25-26,31H,8-13,30H2,1-3H3,(H,33,35)/t17-,20+,25?,26+/m1/s1. The topological polar surface area (TPSA) is 117 Å². The van der Waals surface area contributed by atoms with E-state index in [1.54, 1.807) is 16.4 Å². The number of halogens is 2. The van der Waals surface area contributed by atoms with Gasteiger partial charge in [-0.05, 0) is 56.2 Å². The average Bonchev–Trinajstić information content (AvgIpc) is 3.71. The first kappa shape index (κ1) is 28.9. The van der Waals surface area contributed by atoms with Crippen molar-refractivity contribution in [1.82, 2.24) is 14.6 Å². The fourth-order valence-electron chi connectivity index (χ4n) is 5.43. The minimum atomic E-state index is -3.40. The monoisotopic (exact) mass is 565 g/mol. The quantitative estimate of drug-likeness (QED) is 0.405. The molecule has 1 saturated heterocycles.